The summed E-state index contributed by atoms with van der Waals surface area (Å²) in [7, 11) is 2.05. The van der Waals surface area contributed by atoms with Gasteiger partial charge in [0.2, 0.25) is 0 Å². The van der Waals surface area contributed by atoms with Crippen LogP contribution in [0.25, 0.3) is 0 Å². The van der Waals surface area contributed by atoms with Crippen molar-refractivity contribution >= 4 is 0 Å². The van der Waals surface area contributed by atoms with E-state index < -0.39 is 0 Å². The average molecular weight is 149 g/mol. The normalized spacial score (nSPS) is 17.1. The maximum atomic E-state index is 2.20. The summed E-state index contributed by atoms with van der Waals surface area (Å²) >= 11 is 0. The Kier molecular flexibility index (Phi) is 2.53. The zero-order valence-corrected chi connectivity index (χ0v) is 7.41. The lowest BCUT2D eigenvalue weighted by molar-refractivity contribution is 0.609. The molecule has 0 radical (unpaired) electrons. The van der Waals surface area contributed by atoms with E-state index in [4.69, 9.17) is 0 Å². The minimum absolute atomic E-state index is 0.605. The highest BCUT2D eigenvalue weighted by Crippen LogP contribution is 2.13. The maximum Gasteiger partial charge on any atom is 0.0106 e. The zero-order valence-electron chi connectivity index (χ0n) is 7.41. The third kappa shape index (κ3) is 2.26. The molecule has 1 heteroatoms. The molecule has 1 heterocycles. The third-order valence-corrected chi connectivity index (χ3v) is 1.74. The number of nitrogens with zero attached hydrogens (tertiary/aromatic N) is 1. The van der Waals surface area contributed by atoms with Crippen LogP contribution in [0.3, 0.4) is 0 Å². The van der Waals surface area contributed by atoms with E-state index in [1.807, 2.05) is 19.3 Å². The first-order chi connectivity index (χ1) is 5.20. The van der Waals surface area contributed by atoms with Crippen LogP contribution in [0, 0.1) is 5.92 Å². The van der Waals surface area contributed by atoms with Crippen LogP contribution in [0.4, 0.5) is 0 Å². The largest absolute Gasteiger partial charge is 0.357 e. The van der Waals surface area contributed by atoms with Crippen LogP contribution >= 0.6 is 0 Å². The molecule has 0 amide bonds. The molecule has 0 bridgehead atoms. The first kappa shape index (κ1) is 8.12. The van der Waals surface area contributed by atoms with Crippen molar-refractivity contribution in [3.05, 3.63) is 36.2 Å². The van der Waals surface area contributed by atoms with Crippen LogP contribution in [-0.2, 0) is 0 Å². The summed E-state index contributed by atoms with van der Waals surface area (Å²) in [4.78, 5) is 2.08. The van der Waals surface area contributed by atoms with E-state index >= 15 is 0 Å². The molecule has 0 aromatic rings. The van der Waals surface area contributed by atoms with Gasteiger partial charge in [-0.1, -0.05) is 26.0 Å². The van der Waals surface area contributed by atoms with Gasteiger partial charge in [0.1, 0.15) is 0 Å². The van der Waals surface area contributed by atoms with Gasteiger partial charge in [-0.2, -0.15) is 0 Å². The molecule has 60 valence electrons. The van der Waals surface area contributed by atoms with Crippen molar-refractivity contribution in [2.24, 2.45) is 5.92 Å². The monoisotopic (exact) mass is 149 g/mol. The van der Waals surface area contributed by atoms with Crippen LogP contribution < -0.4 is 0 Å². The van der Waals surface area contributed by atoms with Crippen LogP contribution in [0.2, 0.25) is 0 Å². The van der Waals surface area contributed by atoms with Gasteiger partial charge in [-0.05, 0) is 17.6 Å². The molecule has 0 spiro atoms. The van der Waals surface area contributed by atoms with Crippen molar-refractivity contribution in [3.63, 3.8) is 0 Å². The Morgan fingerprint density at radius 1 is 1.27 bits per heavy atom. The minimum atomic E-state index is 0.605. The van der Waals surface area contributed by atoms with Crippen LogP contribution in [0.15, 0.2) is 36.2 Å². The van der Waals surface area contributed by atoms with Gasteiger partial charge >= 0.3 is 0 Å². The Hall–Kier alpha value is -0.980. The van der Waals surface area contributed by atoms with Crippen molar-refractivity contribution in [2.45, 2.75) is 13.8 Å². The molecular weight excluding hydrogens is 134 g/mol. The molecule has 0 aliphatic carbocycles. The summed E-state index contributed by atoms with van der Waals surface area (Å²) in [5.74, 6) is 0.605. The highest BCUT2D eigenvalue weighted by Gasteiger charge is 2.00. The second kappa shape index (κ2) is 3.42. The zero-order chi connectivity index (χ0) is 8.27. The second-order valence-electron chi connectivity index (χ2n) is 3.15. The summed E-state index contributed by atoms with van der Waals surface area (Å²) in [5, 5.41) is 0. The number of hydrogen-bond donors (Lipinski definition) is 0. The Morgan fingerprint density at radius 2 is 2.00 bits per heavy atom. The Labute approximate surface area is 68.7 Å². The first-order valence-corrected chi connectivity index (χ1v) is 3.98. The van der Waals surface area contributed by atoms with Gasteiger partial charge < -0.3 is 4.90 Å². The predicted octanol–water partition coefficient (Wildman–Crippen LogP) is 2.54. The van der Waals surface area contributed by atoms with Gasteiger partial charge in [-0.15, -0.1) is 0 Å². The summed E-state index contributed by atoms with van der Waals surface area (Å²) in [6.45, 7) is 4.41. The molecule has 0 aromatic heterocycles. The topological polar surface area (TPSA) is 3.24 Å². The first-order valence-electron chi connectivity index (χ1n) is 3.98. The van der Waals surface area contributed by atoms with Crippen LogP contribution in [0.5, 0.6) is 0 Å². The lowest BCUT2D eigenvalue weighted by Gasteiger charge is -2.10. The number of allylic oxidation sites excluding steroid dienone is 4. The highest BCUT2D eigenvalue weighted by atomic mass is 15.0. The van der Waals surface area contributed by atoms with Gasteiger partial charge in [-0.3, -0.25) is 0 Å². The molecule has 1 rings (SSSR count). The standard InChI is InChI=1S/C10H15N/c1-9(2)10-6-4-5-7-11(3)8-10/h4-9H,1-3H3. The van der Waals surface area contributed by atoms with E-state index in [1.165, 1.54) is 5.57 Å². The Bertz CT molecular complexity index is 209. The summed E-state index contributed by atoms with van der Waals surface area (Å²) in [6.07, 6.45) is 10.5. The van der Waals surface area contributed by atoms with Gasteiger partial charge in [0.25, 0.3) is 0 Å². The third-order valence-electron chi connectivity index (χ3n) is 1.74. The van der Waals surface area contributed by atoms with Crippen molar-refractivity contribution in [1.29, 1.82) is 0 Å². The molecule has 11 heavy (non-hydrogen) atoms. The molecule has 0 fully saturated rings. The van der Waals surface area contributed by atoms with Gasteiger partial charge in [0.15, 0.2) is 0 Å². The highest BCUT2D eigenvalue weighted by molar-refractivity contribution is 5.26. The predicted molar refractivity (Wildman–Crippen MR) is 49.0 cm³/mol. The average Bonchev–Trinajstić information content (AvgIpc) is 2.13. The maximum absolute atomic E-state index is 2.20. The molecule has 0 saturated heterocycles. The molecule has 0 unspecified atom stereocenters. The van der Waals surface area contributed by atoms with Crippen molar-refractivity contribution in [1.82, 2.24) is 4.90 Å². The fraction of sp³-hybridized carbons (Fsp3) is 0.400. The van der Waals surface area contributed by atoms with E-state index in [9.17, 15) is 0 Å². The molecule has 1 aliphatic heterocycles. The minimum Gasteiger partial charge on any atom is -0.357 e. The van der Waals surface area contributed by atoms with E-state index in [1.54, 1.807) is 0 Å². The van der Waals surface area contributed by atoms with Gasteiger partial charge in [-0.25, -0.2) is 0 Å². The quantitative estimate of drug-likeness (QED) is 0.553. The van der Waals surface area contributed by atoms with Crippen LogP contribution in [0.1, 0.15) is 13.8 Å². The summed E-state index contributed by atoms with van der Waals surface area (Å²) in [5.41, 5.74) is 1.37. The van der Waals surface area contributed by atoms with Gasteiger partial charge in [0, 0.05) is 19.4 Å². The summed E-state index contributed by atoms with van der Waals surface area (Å²) < 4.78 is 0. The molecule has 0 atom stereocenters. The van der Waals surface area contributed by atoms with E-state index in [2.05, 4.69) is 37.1 Å². The Balaban J connectivity index is 2.80. The van der Waals surface area contributed by atoms with E-state index in [-0.39, 0.29) is 0 Å². The van der Waals surface area contributed by atoms with Crippen molar-refractivity contribution < 1.29 is 0 Å². The second-order valence-corrected chi connectivity index (χ2v) is 3.15. The lowest BCUT2D eigenvalue weighted by Crippen LogP contribution is -2.02. The smallest absolute Gasteiger partial charge is 0.0106 e. The summed E-state index contributed by atoms with van der Waals surface area (Å²) in [6, 6.07) is 0. The van der Waals surface area contributed by atoms with Gasteiger partial charge in [0.05, 0.1) is 0 Å². The van der Waals surface area contributed by atoms with Crippen molar-refractivity contribution in [3.8, 4) is 0 Å². The lowest BCUT2D eigenvalue weighted by atomic mass is 10.0. The SMILES string of the molecule is CC(C)C1=CN(C)C=CC=C1. The fourth-order valence-electron chi connectivity index (χ4n) is 1.01. The molecular formula is C10H15N. The van der Waals surface area contributed by atoms with E-state index in [0.29, 0.717) is 5.92 Å². The van der Waals surface area contributed by atoms with Crippen molar-refractivity contribution in [2.75, 3.05) is 7.05 Å². The molecule has 0 saturated carbocycles. The van der Waals surface area contributed by atoms with Crippen LogP contribution in [-0.4, -0.2) is 11.9 Å². The fourth-order valence-corrected chi connectivity index (χ4v) is 1.01. The molecule has 1 aliphatic rings. The molecule has 1 nitrogen and oxygen atoms in total. The number of hydrogen-bond acceptors (Lipinski definition) is 1. The number of rotatable bonds is 1. The molecule has 0 N–H and O–H groups in total. The Morgan fingerprint density at radius 3 is 2.64 bits per heavy atom. The molecule has 0 aromatic carbocycles. The van der Waals surface area contributed by atoms with E-state index in [0.717, 1.165) is 0 Å².